The highest BCUT2D eigenvalue weighted by Crippen LogP contribution is 2.26. The van der Waals surface area contributed by atoms with Crippen molar-refractivity contribution in [2.24, 2.45) is 0 Å². The third kappa shape index (κ3) is 5.13. The first-order chi connectivity index (χ1) is 9.40. The Labute approximate surface area is 126 Å². The van der Waals surface area contributed by atoms with Crippen molar-refractivity contribution in [3.05, 3.63) is 43.0 Å². The van der Waals surface area contributed by atoms with Crippen LogP contribution in [0.3, 0.4) is 0 Å². The van der Waals surface area contributed by atoms with Gasteiger partial charge in [0.25, 0.3) is 0 Å². The molecule has 1 aromatic heterocycles. The van der Waals surface area contributed by atoms with Gasteiger partial charge >= 0.3 is 0 Å². The molecule has 0 bridgehead atoms. The number of hydrogen-bond acceptors (Lipinski definition) is 3. The first-order valence-corrected chi connectivity index (χ1v) is 6.70. The molecular weight excluding hydrogens is 276 g/mol. The SMILES string of the molecule is CCCCOc1ccccc1OCCn1ccnc1.Cl. The summed E-state index contributed by atoms with van der Waals surface area (Å²) in [7, 11) is 0. The quantitative estimate of drug-likeness (QED) is 0.699. The van der Waals surface area contributed by atoms with Crippen molar-refractivity contribution in [2.45, 2.75) is 26.3 Å². The number of para-hydroxylation sites is 2. The molecule has 1 heterocycles. The van der Waals surface area contributed by atoms with E-state index in [9.17, 15) is 0 Å². The summed E-state index contributed by atoms with van der Waals surface area (Å²) in [4.78, 5) is 4.00. The number of imidazole rings is 1. The molecule has 0 saturated carbocycles. The van der Waals surface area contributed by atoms with Gasteiger partial charge in [0.05, 0.1) is 19.5 Å². The molecule has 0 radical (unpaired) electrons. The van der Waals surface area contributed by atoms with Crippen LogP contribution in [0.2, 0.25) is 0 Å². The number of ether oxygens (including phenoxy) is 2. The Morgan fingerprint density at radius 2 is 1.80 bits per heavy atom. The van der Waals surface area contributed by atoms with E-state index >= 15 is 0 Å². The average molecular weight is 297 g/mol. The van der Waals surface area contributed by atoms with E-state index in [2.05, 4.69) is 11.9 Å². The molecule has 0 aliphatic rings. The maximum Gasteiger partial charge on any atom is 0.161 e. The summed E-state index contributed by atoms with van der Waals surface area (Å²) < 4.78 is 13.5. The van der Waals surface area contributed by atoms with Crippen LogP contribution in [0.5, 0.6) is 11.5 Å². The summed E-state index contributed by atoms with van der Waals surface area (Å²) in [5.74, 6) is 1.63. The zero-order chi connectivity index (χ0) is 13.3. The van der Waals surface area contributed by atoms with Crippen LogP contribution >= 0.6 is 12.4 Å². The number of benzene rings is 1. The van der Waals surface area contributed by atoms with E-state index < -0.39 is 0 Å². The lowest BCUT2D eigenvalue weighted by molar-refractivity contribution is 0.257. The van der Waals surface area contributed by atoms with Crippen molar-refractivity contribution in [1.82, 2.24) is 9.55 Å². The number of rotatable bonds is 8. The Hall–Kier alpha value is -1.68. The zero-order valence-corrected chi connectivity index (χ0v) is 12.5. The largest absolute Gasteiger partial charge is 0.490 e. The van der Waals surface area contributed by atoms with Crippen molar-refractivity contribution in [1.29, 1.82) is 0 Å². The van der Waals surface area contributed by atoms with E-state index in [1.54, 1.807) is 12.5 Å². The molecule has 2 aromatic rings. The molecule has 2 rings (SSSR count). The van der Waals surface area contributed by atoms with Gasteiger partial charge in [-0.3, -0.25) is 0 Å². The molecule has 0 aliphatic carbocycles. The molecule has 0 fully saturated rings. The number of nitrogens with zero attached hydrogens (tertiary/aromatic N) is 2. The second-order valence-electron chi connectivity index (χ2n) is 4.30. The summed E-state index contributed by atoms with van der Waals surface area (Å²) in [6.07, 6.45) is 7.66. The molecule has 20 heavy (non-hydrogen) atoms. The zero-order valence-electron chi connectivity index (χ0n) is 11.7. The molecule has 0 spiro atoms. The van der Waals surface area contributed by atoms with Gasteiger partial charge in [-0.25, -0.2) is 4.98 Å². The minimum absolute atomic E-state index is 0. The van der Waals surface area contributed by atoms with E-state index in [0.717, 1.165) is 37.5 Å². The molecule has 4 nitrogen and oxygen atoms in total. The summed E-state index contributed by atoms with van der Waals surface area (Å²) in [6.45, 7) is 4.27. The van der Waals surface area contributed by atoms with Gasteiger partial charge in [0.1, 0.15) is 6.61 Å². The van der Waals surface area contributed by atoms with Gasteiger partial charge in [-0.2, -0.15) is 0 Å². The Balaban J connectivity index is 0.00000200. The fraction of sp³-hybridized carbons (Fsp3) is 0.400. The van der Waals surface area contributed by atoms with E-state index in [0.29, 0.717) is 6.61 Å². The summed E-state index contributed by atoms with van der Waals surface area (Å²) in [5.41, 5.74) is 0. The fourth-order valence-electron chi connectivity index (χ4n) is 1.70. The van der Waals surface area contributed by atoms with Gasteiger partial charge in [-0.15, -0.1) is 12.4 Å². The second kappa shape index (κ2) is 9.26. The Kier molecular flexibility index (Phi) is 7.58. The lowest BCUT2D eigenvalue weighted by atomic mass is 10.3. The fourth-order valence-corrected chi connectivity index (χ4v) is 1.70. The van der Waals surface area contributed by atoms with Crippen molar-refractivity contribution < 1.29 is 9.47 Å². The van der Waals surface area contributed by atoms with Gasteiger partial charge in [0.2, 0.25) is 0 Å². The maximum absolute atomic E-state index is 5.77. The molecule has 0 saturated heterocycles. The third-order valence-electron chi connectivity index (χ3n) is 2.77. The topological polar surface area (TPSA) is 36.3 Å². The molecule has 0 aliphatic heterocycles. The summed E-state index contributed by atoms with van der Waals surface area (Å²) in [6, 6.07) is 7.81. The Bertz CT molecular complexity index is 474. The van der Waals surface area contributed by atoms with Crippen molar-refractivity contribution in [3.63, 3.8) is 0 Å². The monoisotopic (exact) mass is 296 g/mol. The lowest BCUT2D eigenvalue weighted by Crippen LogP contribution is -2.07. The highest BCUT2D eigenvalue weighted by molar-refractivity contribution is 5.85. The number of unbranched alkanes of at least 4 members (excludes halogenated alkanes) is 1. The van der Waals surface area contributed by atoms with Crippen LogP contribution in [0.1, 0.15) is 19.8 Å². The predicted octanol–water partition coefficient (Wildman–Crippen LogP) is 3.56. The van der Waals surface area contributed by atoms with Crippen molar-refractivity contribution in [2.75, 3.05) is 13.2 Å². The van der Waals surface area contributed by atoms with Gasteiger partial charge in [0.15, 0.2) is 11.5 Å². The van der Waals surface area contributed by atoms with Crippen LogP contribution in [0.25, 0.3) is 0 Å². The first-order valence-electron chi connectivity index (χ1n) is 6.70. The van der Waals surface area contributed by atoms with Crippen LogP contribution in [-0.2, 0) is 6.54 Å². The number of aromatic nitrogens is 2. The van der Waals surface area contributed by atoms with Crippen LogP contribution in [0.4, 0.5) is 0 Å². The molecule has 0 amide bonds. The lowest BCUT2D eigenvalue weighted by Gasteiger charge is -2.12. The van der Waals surface area contributed by atoms with E-state index in [-0.39, 0.29) is 12.4 Å². The first kappa shape index (κ1) is 16.4. The molecule has 1 aromatic carbocycles. The molecule has 0 atom stereocenters. The molecule has 0 unspecified atom stereocenters. The van der Waals surface area contributed by atoms with Crippen LogP contribution in [-0.4, -0.2) is 22.8 Å². The molecule has 110 valence electrons. The maximum atomic E-state index is 5.77. The van der Waals surface area contributed by atoms with Gasteiger partial charge in [-0.05, 0) is 18.6 Å². The third-order valence-corrected chi connectivity index (χ3v) is 2.77. The van der Waals surface area contributed by atoms with Crippen molar-refractivity contribution >= 4 is 12.4 Å². The van der Waals surface area contributed by atoms with Gasteiger partial charge in [-0.1, -0.05) is 25.5 Å². The summed E-state index contributed by atoms with van der Waals surface area (Å²) in [5, 5.41) is 0. The van der Waals surface area contributed by atoms with Crippen LogP contribution in [0.15, 0.2) is 43.0 Å². The molecular formula is C15H21ClN2O2. The highest BCUT2D eigenvalue weighted by atomic mass is 35.5. The minimum atomic E-state index is 0. The predicted molar refractivity (Wildman–Crippen MR) is 81.8 cm³/mol. The van der Waals surface area contributed by atoms with E-state index in [4.69, 9.17) is 9.47 Å². The molecule has 5 heteroatoms. The van der Waals surface area contributed by atoms with Gasteiger partial charge in [0, 0.05) is 12.4 Å². The smallest absolute Gasteiger partial charge is 0.161 e. The van der Waals surface area contributed by atoms with Crippen LogP contribution in [0, 0.1) is 0 Å². The number of halogens is 1. The van der Waals surface area contributed by atoms with E-state index in [1.807, 2.05) is 35.0 Å². The van der Waals surface area contributed by atoms with Crippen LogP contribution < -0.4 is 9.47 Å². The van der Waals surface area contributed by atoms with E-state index in [1.165, 1.54) is 0 Å². The summed E-state index contributed by atoms with van der Waals surface area (Å²) >= 11 is 0. The standard InChI is InChI=1S/C15H20N2O2.ClH/c1-2-3-11-18-14-6-4-5-7-15(14)19-12-10-17-9-8-16-13-17;/h4-9,13H,2-3,10-12H2,1H3;1H. The van der Waals surface area contributed by atoms with Crippen molar-refractivity contribution in [3.8, 4) is 11.5 Å². The average Bonchev–Trinajstić information content (AvgIpc) is 2.94. The minimum Gasteiger partial charge on any atom is -0.490 e. The number of hydrogen-bond donors (Lipinski definition) is 0. The Morgan fingerprint density at radius 3 is 2.40 bits per heavy atom. The normalized spacial score (nSPS) is 9.85. The highest BCUT2D eigenvalue weighted by Gasteiger charge is 2.03. The second-order valence-corrected chi connectivity index (χ2v) is 4.30. The van der Waals surface area contributed by atoms with Gasteiger partial charge < -0.3 is 14.0 Å². The molecule has 0 N–H and O–H groups in total. The Morgan fingerprint density at radius 1 is 1.10 bits per heavy atom.